The highest BCUT2D eigenvalue weighted by molar-refractivity contribution is 6.77. The van der Waals surface area contributed by atoms with Crippen molar-refractivity contribution in [1.82, 2.24) is 0 Å². The molecule has 0 heterocycles. The highest BCUT2D eigenvalue weighted by Crippen LogP contribution is 2.43. The summed E-state index contributed by atoms with van der Waals surface area (Å²) in [6.45, 7) is 22.6. The van der Waals surface area contributed by atoms with Gasteiger partial charge < -0.3 is 9.53 Å². The Morgan fingerprint density at radius 3 is 1.81 bits per heavy atom. The van der Waals surface area contributed by atoms with Crippen LogP contribution >= 0.6 is 0 Å². The van der Waals surface area contributed by atoms with Crippen molar-refractivity contribution < 1.29 is 9.53 Å². The molecule has 0 saturated heterocycles. The maximum atomic E-state index is 9.09. The number of hydrogen-bond donors (Lipinski definition) is 1. The van der Waals surface area contributed by atoms with Crippen molar-refractivity contribution in [2.24, 2.45) is 0 Å². The van der Waals surface area contributed by atoms with Gasteiger partial charge in [0.05, 0.1) is 6.10 Å². The minimum Gasteiger partial charge on any atom is -0.409 e. The van der Waals surface area contributed by atoms with Gasteiger partial charge in [-0.3, -0.25) is 0 Å². The number of rotatable bonds is 13. The lowest BCUT2D eigenvalue weighted by Crippen LogP contribution is -2.50. The van der Waals surface area contributed by atoms with E-state index >= 15 is 0 Å². The molecular weight excluding hydrogens is 396 g/mol. The van der Waals surface area contributed by atoms with E-state index in [2.05, 4.69) is 99.3 Å². The van der Waals surface area contributed by atoms with Crippen molar-refractivity contribution in [3.05, 3.63) is 34.9 Å². The first-order chi connectivity index (χ1) is 14.5. The fraction of sp³-hybridized carbons (Fsp3) is 0.714. The van der Waals surface area contributed by atoms with Crippen molar-refractivity contribution in [2.45, 2.75) is 124 Å². The summed E-state index contributed by atoms with van der Waals surface area (Å²) in [5.41, 5.74) is 5.86. The summed E-state index contributed by atoms with van der Waals surface area (Å²) < 4.78 is 7.00. The van der Waals surface area contributed by atoms with Crippen LogP contribution in [0.4, 0.5) is 0 Å². The average Bonchev–Trinajstić information content (AvgIpc) is 2.64. The Labute approximate surface area is 195 Å². The number of allylic oxidation sites excluding steroid dienone is 5. The first-order valence-electron chi connectivity index (χ1n) is 12.2. The van der Waals surface area contributed by atoms with Crippen molar-refractivity contribution in [3.8, 4) is 11.8 Å². The zero-order valence-electron chi connectivity index (χ0n) is 22.1. The molecule has 0 amide bonds. The van der Waals surface area contributed by atoms with Gasteiger partial charge in [-0.15, -0.1) is 0 Å². The topological polar surface area (TPSA) is 29.5 Å². The van der Waals surface area contributed by atoms with E-state index in [1.165, 1.54) is 16.7 Å². The zero-order valence-corrected chi connectivity index (χ0v) is 23.1. The molecule has 1 atom stereocenters. The van der Waals surface area contributed by atoms with E-state index in [0.29, 0.717) is 23.0 Å². The van der Waals surface area contributed by atoms with Gasteiger partial charge in [0.25, 0.3) is 0 Å². The molecule has 0 rings (SSSR count). The molecule has 1 N–H and O–H groups in total. The van der Waals surface area contributed by atoms with Crippen LogP contribution in [0.25, 0.3) is 0 Å². The highest BCUT2D eigenvalue weighted by Gasteiger charge is 2.46. The molecule has 0 bridgehead atoms. The molecule has 0 radical (unpaired) electrons. The van der Waals surface area contributed by atoms with Crippen molar-refractivity contribution in [3.63, 3.8) is 0 Å². The van der Waals surface area contributed by atoms with Crippen LogP contribution in [0, 0.1) is 11.8 Å². The summed E-state index contributed by atoms with van der Waals surface area (Å²) >= 11 is 0. The molecule has 0 aromatic carbocycles. The molecule has 0 saturated carbocycles. The lowest BCUT2D eigenvalue weighted by Gasteiger charge is -2.44. The molecular formula is C28H50O2Si. The second-order valence-electron chi connectivity index (χ2n) is 10.1. The fourth-order valence-corrected chi connectivity index (χ4v) is 10.2. The molecule has 0 aliphatic rings. The van der Waals surface area contributed by atoms with Gasteiger partial charge in [0.15, 0.2) is 0 Å². The van der Waals surface area contributed by atoms with E-state index in [1.54, 1.807) is 0 Å². The molecule has 3 heteroatoms. The zero-order chi connectivity index (χ0) is 24.0. The van der Waals surface area contributed by atoms with Crippen molar-refractivity contribution in [2.75, 3.05) is 6.61 Å². The molecule has 0 aromatic heterocycles. The van der Waals surface area contributed by atoms with Gasteiger partial charge in [-0.05, 0) is 70.0 Å². The maximum Gasteiger partial charge on any atom is 0.201 e. The molecule has 1 unspecified atom stereocenters. The second-order valence-corrected chi connectivity index (χ2v) is 15.5. The Kier molecular flexibility index (Phi) is 15.1. The van der Waals surface area contributed by atoms with E-state index in [0.717, 1.165) is 25.7 Å². The van der Waals surface area contributed by atoms with E-state index in [1.807, 2.05) is 0 Å². The summed E-state index contributed by atoms with van der Waals surface area (Å²) in [5.74, 6) is 5.93. The quantitative estimate of drug-likeness (QED) is 0.175. The summed E-state index contributed by atoms with van der Waals surface area (Å²) in [6.07, 6.45) is 12.0. The average molecular weight is 447 g/mol. The monoisotopic (exact) mass is 446 g/mol. The molecule has 0 aliphatic carbocycles. The van der Waals surface area contributed by atoms with Crippen LogP contribution in [-0.2, 0) is 4.43 Å². The summed E-state index contributed by atoms with van der Waals surface area (Å²) in [5, 5.41) is 9.09. The largest absolute Gasteiger partial charge is 0.409 e. The standard InChI is InChI=1S/C28H50O2Si/c1-22(2)15-13-16-26(9)17-14-18-27(10)21-28(19-11-12-20-29)30-31(23(3)4,24(5)6)25(7)8/h15,17,21,23-25,28-29H,13-14,16,18-20H2,1-10H3/b26-17+,27-21+. The molecule has 0 spiro atoms. The molecule has 178 valence electrons. The van der Waals surface area contributed by atoms with E-state index in [-0.39, 0.29) is 12.7 Å². The van der Waals surface area contributed by atoms with Crippen LogP contribution in [0.3, 0.4) is 0 Å². The van der Waals surface area contributed by atoms with Gasteiger partial charge in [-0.1, -0.05) is 88.3 Å². The third-order valence-electron chi connectivity index (χ3n) is 6.16. The highest BCUT2D eigenvalue weighted by atomic mass is 28.4. The van der Waals surface area contributed by atoms with Gasteiger partial charge >= 0.3 is 0 Å². The van der Waals surface area contributed by atoms with E-state index in [4.69, 9.17) is 9.53 Å². The predicted octanol–water partition coefficient (Wildman–Crippen LogP) is 8.35. The SMILES string of the molecule is CC(C)=CCC/C(C)=C/CC/C(C)=C/C(CC#CCO)O[Si](C(C)C)(C(C)C)C(C)C. The van der Waals surface area contributed by atoms with E-state index in [9.17, 15) is 0 Å². The Hall–Kier alpha value is -1.08. The van der Waals surface area contributed by atoms with Crippen LogP contribution in [0.15, 0.2) is 34.9 Å². The van der Waals surface area contributed by atoms with Crippen LogP contribution < -0.4 is 0 Å². The Morgan fingerprint density at radius 2 is 1.32 bits per heavy atom. The molecule has 0 aliphatic heterocycles. The predicted molar refractivity (Wildman–Crippen MR) is 141 cm³/mol. The number of aliphatic hydroxyl groups is 1. The molecule has 31 heavy (non-hydrogen) atoms. The van der Waals surface area contributed by atoms with Crippen LogP contribution in [0.2, 0.25) is 16.6 Å². The van der Waals surface area contributed by atoms with Crippen molar-refractivity contribution >= 4 is 8.32 Å². The van der Waals surface area contributed by atoms with Crippen LogP contribution in [0.5, 0.6) is 0 Å². The van der Waals surface area contributed by atoms with Gasteiger partial charge in [0.2, 0.25) is 8.32 Å². The van der Waals surface area contributed by atoms with Gasteiger partial charge in [0, 0.05) is 6.42 Å². The third-order valence-corrected chi connectivity index (χ3v) is 12.3. The minimum absolute atomic E-state index is 0.000611. The Morgan fingerprint density at radius 1 is 0.806 bits per heavy atom. The molecule has 0 aromatic rings. The smallest absolute Gasteiger partial charge is 0.201 e. The van der Waals surface area contributed by atoms with E-state index < -0.39 is 8.32 Å². The molecule has 0 fully saturated rings. The first-order valence-corrected chi connectivity index (χ1v) is 14.3. The normalized spacial score (nSPS) is 14.1. The first kappa shape index (κ1) is 29.9. The third kappa shape index (κ3) is 11.4. The number of hydrogen-bond acceptors (Lipinski definition) is 2. The lowest BCUT2D eigenvalue weighted by molar-refractivity contribution is 0.220. The fourth-order valence-electron chi connectivity index (χ4n) is 4.67. The molecule has 2 nitrogen and oxygen atoms in total. The summed E-state index contributed by atoms with van der Waals surface area (Å²) in [6, 6.07) is 0. The minimum atomic E-state index is -1.98. The van der Waals surface area contributed by atoms with Gasteiger partial charge in [0.1, 0.15) is 6.61 Å². The number of aliphatic hydroxyl groups excluding tert-OH is 1. The summed E-state index contributed by atoms with van der Waals surface area (Å²) in [4.78, 5) is 0. The van der Waals surface area contributed by atoms with Crippen LogP contribution in [-0.4, -0.2) is 26.1 Å². The summed E-state index contributed by atoms with van der Waals surface area (Å²) in [7, 11) is -1.98. The van der Waals surface area contributed by atoms with Crippen molar-refractivity contribution in [1.29, 1.82) is 0 Å². The Bertz CT molecular complexity index is 630. The second kappa shape index (κ2) is 15.7. The van der Waals surface area contributed by atoms with Crippen LogP contribution in [0.1, 0.15) is 101 Å². The van der Waals surface area contributed by atoms with Gasteiger partial charge in [-0.25, -0.2) is 0 Å². The maximum absolute atomic E-state index is 9.09. The lowest BCUT2D eigenvalue weighted by atomic mass is 10.0. The Balaban J connectivity index is 5.36. The van der Waals surface area contributed by atoms with Gasteiger partial charge in [-0.2, -0.15) is 0 Å².